The zero-order chi connectivity index (χ0) is 16.5. The molecule has 1 fully saturated rings. The van der Waals surface area contributed by atoms with Crippen LogP contribution >= 0.6 is 0 Å². The number of benzene rings is 1. The molecular weight excluding hydrogens is 323 g/mol. The zero-order valence-electron chi connectivity index (χ0n) is 11.6. The molecule has 0 radical (unpaired) electrons. The second-order valence-corrected chi connectivity index (χ2v) is 6.65. The minimum atomic E-state index is -4.43. The quantitative estimate of drug-likeness (QED) is 0.789. The zero-order valence-corrected chi connectivity index (χ0v) is 12.4. The Bertz CT molecular complexity index is 655. The Balaban J connectivity index is 2.07. The molecule has 9 heteroatoms. The minimum Gasteiger partial charge on any atom is -0.312 e. The van der Waals surface area contributed by atoms with Gasteiger partial charge in [-0.25, -0.2) is 0 Å². The number of amides is 1. The van der Waals surface area contributed by atoms with Gasteiger partial charge in [0.05, 0.1) is 24.3 Å². The fourth-order valence-electron chi connectivity index (χ4n) is 2.19. The Labute approximate surface area is 125 Å². The number of anilines is 1. The van der Waals surface area contributed by atoms with Crippen molar-refractivity contribution in [3.8, 4) is 0 Å². The summed E-state index contributed by atoms with van der Waals surface area (Å²) in [5.41, 5.74) is -0.445. The lowest BCUT2D eigenvalue weighted by Crippen LogP contribution is -2.29. The first-order chi connectivity index (χ1) is 10.1. The van der Waals surface area contributed by atoms with E-state index in [2.05, 4.69) is 4.18 Å². The summed E-state index contributed by atoms with van der Waals surface area (Å²) in [4.78, 5) is 13.5. The Kier molecular flexibility index (Phi) is 4.48. The van der Waals surface area contributed by atoms with Crippen molar-refractivity contribution in [1.82, 2.24) is 0 Å². The van der Waals surface area contributed by atoms with Crippen LogP contribution in [-0.4, -0.2) is 33.7 Å². The molecule has 0 spiro atoms. The summed E-state index contributed by atoms with van der Waals surface area (Å²) in [6.07, 6.45) is -3.16. The predicted octanol–water partition coefficient (Wildman–Crippen LogP) is 2.03. The van der Waals surface area contributed by atoms with E-state index in [9.17, 15) is 26.4 Å². The summed E-state index contributed by atoms with van der Waals surface area (Å²) >= 11 is 0. The average molecular weight is 337 g/mol. The summed E-state index contributed by atoms with van der Waals surface area (Å²) in [5, 5.41) is 0. The van der Waals surface area contributed by atoms with E-state index in [0.717, 1.165) is 18.4 Å². The number of carbonyl (C=O) groups is 1. The Morgan fingerprint density at radius 3 is 2.36 bits per heavy atom. The molecule has 0 aromatic heterocycles. The van der Waals surface area contributed by atoms with Crippen molar-refractivity contribution in [2.45, 2.75) is 12.6 Å². The first kappa shape index (κ1) is 16.8. The van der Waals surface area contributed by atoms with Crippen LogP contribution in [0.15, 0.2) is 24.3 Å². The van der Waals surface area contributed by atoms with E-state index in [0.29, 0.717) is 18.7 Å². The Hall–Kier alpha value is -1.61. The van der Waals surface area contributed by atoms with Crippen LogP contribution in [0, 0.1) is 5.92 Å². The molecule has 0 aliphatic carbocycles. The number of carbonyl (C=O) groups excluding carboxylic acids is 1. The van der Waals surface area contributed by atoms with Gasteiger partial charge in [0.25, 0.3) is 10.1 Å². The SMILES string of the molecule is CS(=O)(=O)OCC1CCN(c2ccc(C(F)(F)F)cc2)C1=O. The van der Waals surface area contributed by atoms with Gasteiger partial charge in [-0.15, -0.1) is 0 Å². The summed E-state index contributed by atoms with van der Waals surface area (Å²) in [5.74, 6) is -0.972. The molecule has 0 bridgehead atoms. The van der Waals surface area contributed by atoms with Gasteiger partial charge in [-0.2, -0.15) is 21.6 Å². The van der Waals surface area contributed by atoms with Crippen LogP contribution in [0.2, 0.25) is 0 Å². The van der Waals surface area contributed by atoms with Gasteiger partial charge in [-0.1, -0.05) is 0 Å². The van der Waals surface area contributed by atoms with Crippen LogP contribution in [0.4, 0.5) is 18.9 Å². The third kappa shape index (κ3) is 3.98. The van der Waals surface area contributed by atoms with Gasteiger partial charge in [0.15, 0.2) is 0 Å². The number of hydrogen-bond donors (Lipinski definition) is 0. The van der Waals surface area contributed by atoms with Crippen LogP contribution in [0.1, 0.15) is 12.0 Å². The van der Waals surface area contributed by atoms with Gasteiger partial charge in [0.1, 0.15) is 0 Å². The molecule has 1 unspecified atom stereocenters. The summed E-state index contributed by atoms with van der Waals surface area (Å²) in [6.45, 7) is 0.0524. The molecule has 1 aliphatic rings. The van der Waals surface area contributed by atoms with E-state index in [-0.39, 0.29) is 12.5 Å². The monoisotopic (exact) mass is 337 g/mol. The third-order valence-corrected chi connectivity index (χ3v) is 3.87. The van der Waals surface area contributed by atoms with E-state index >= 15 is 0 Å². The lowest BCUT2D eigenvalue weighted by atomic mass is 10.1. The summed E-state index contributed by atoms with van der Waals surface area (Å²) in [7, 11) is -3.63. The molecule has 1 saturated heterocycles. The smallest absolute Gasteiger partial charge is 0.312 e. The normalized spacial score (nSPS) is 19.7. The number of halogens is 3. The van der Waals surface area contributed by atoms with Crippen LogP contribution in [0.5, 0.6) is 0 Å². The average Bonchev–Trinajstić information content (AvgIpc) is 2.76. The van der Waals surface area contributed by atoms with Gasteiger partial charge in [-0.3, -0.25) is 8.98 Å². The highest BCUT2D eigenvalue weighted by atomic mass is 32.2. The maximum atomic E-state index is 12.5. The summed E-state index contributed by atoms with van der Waals surface area (Å²) in [6, 6.07) is 4.26. The molecule has 22 heavy (non-hydrogen) atoms. The molecule has 2 rings (SSSR count). The highest BCUT2D eigenvalue weighted by molar-refractivity contribution is 7.85. The molecule has 0 N–H and O–H groups in total. The lowest BCUT2D eigenvalue weighted by molar-refractivity contribution is -0.137. The Morgan fingerprint density at radius 1 is 1.27 bits per heavy atom. The van der Waals surface area contributed by atoms with Crippen LogP contribution in [0.3, 0.4) is 0 Å². The van der Waals surface area contributed by atoms with Gasteiger partial charge in [-0.05, 0) is 30.7 Å². The highest BCUT2D eigenvalue weighted by Crippen LogP contribution is 2.32. The minimum absolute atomic E-state index is 0.255. The van der Waals surface area contributed by atoms with E-state index < -0.39 is 27.8 Å². The first-order valence-corrected chi connectivity index (χ1v) is 8.22. The molecule has 1 heterocycles. The van der Waals surface area contributed by atoms with Crippen molar-refractivity contribution < 1.29 is 30.6 Å². The van der Waals surface area contributed by atoms with Gasteiger partial charge in [0, 0.05) is 12.2 Å². The topological polar surface area (TPSA) is 63.7 Å². The largest absolute Gasteiger partial charge is 0.416 e. The molecule has 5 nitrogen and oxygen atoms in total. The fourth-order valence-corrected chi connectivity index (χ4v) is 2.60. The molecular formula is C13H14F3NO4S. The first-order valence-electron chi connectivity index (χ1n) is 6.41. The number of nitrogens with zero attached hydrogens (tertiary/aromatic N) is 1. The van der Waals surface area contributed by atoms with E-state index in [1.807, 2.05) is 0 Å². The lowest BCUT2D eigenvalue weighted by Gasteiger charge is -2.17. The fraction of sp³-hybridized carbons (Fsp3) is 0.462. The second-order valence-electron chi connectivity index (χ2n) is 5.01. The number of rotatable bonds is 4. The number of alkyl halides is 3. The van der Waals surface area contributed by atoms with Gasteiger partial charge in [0.2, 0.25) is 5.91 Å². The summed E-state index contributed by atoms with van der Waals surface area (Å²) < 4.78 is 63.9. The maximum absolute atomic E-state index is 12.5. The maximum Gasteiger partial charge on any atom is 0.416 e. The Morgan fingerprint density at radius 2 is 1.86 bits per heavy atom. The standard InChI is InChI=1S/C13H14F3NO4S/c1-22(19,20)21-8-9-6-7-17(12(9)18)11-4-2-10(3-5-11)13(14,15)16/h2-5,9H,6-8H2,1H3. The van der Waals surface area contributed by atoms with Crippen molar-refractivity contribution in [2.24, 2.45) is 5.92 Å². The highest BCUT2D eigenvalue weighted by Gasteiger charge is 2.34. The van der Waals surface area contributed by atoms with Gasteiger partial charge >= 0.3 is 6.18 Å². The molecule has 1 atom stereocenters. The van der Waals surface area contributed by atoms with Crippen LogP contribution in [-0.2, 0) is 25.3 Å². The molecule has 122 valence electrons. The van der Waals surface area contributed by atoms with E-state index in [4.69, 9.17) is 0 Å². The van der Waals surface area contributed by atoms with Crippen LogP contribution in [0.25, 0.3) is 0 Å². The van der Waals surface area contributed by atoms with Crippen molar-refractivity contribution in [3.63, 3.8) is 0 Å². The van der Waals surface area contributed by atoms with Crippen LogP contribution < -0.4 is 4.90 Å². The van der Waals surface area contributed by atoms with Crippen molar-refractivity contribution >= 4 is 21.7 Å². The predicted molar refractivity (Wildman–Crippen MR) is 72.7 cm³/mol. The van der Waals surface area contributed by atoms with Crippen molar-refractivity contribution in [1.29, 1.82) is 0 Å². The molecule has 0 saturated carbocycles. The van der Waals surface area contributed by atoms with Gasteiger partial charge < -0.3 is 4.90 Å². The van der Waals surface area contributed by atoms with E-state index in [1.165, 1.54) is 17.0 Å². The third-order valence-electron chi connectivity index (χ3n) is 3.31. The van der Waals surface area contributed by atoms with E-state index in [1.54, 1.807) is 0 Å². The molecule has 1 amide bonds. The van der Waals surface area contributed by atoms with Crippen molar-refractivity contribution in [3.05, 3.63) is 29.8 Å². The number of hydrogen-bond acceptors (Lipinski definition) is 4. The molecule has 1 aromatic rings. The molecule has 1 aliphatic heterocycles. The van der Waals surface area contributed by atoms with Crippen molar-refractivity contribution in [2.75, 3.05) is 24.3 Å². The molecule has 1 aromatic carbocycles. The second kappa shape index (κ2) is 5.88.